The number of hydrogen-bond acceptors (Lipinski definition) is 3. The first-order valence-electron chi connectivity index (χ1n) is 6.87. The molecule has 2 rings (SSSR count). The van der Waals surface area contributed by atoms with E-state index < -0.39 is 0 Å². The van der Waals surface area contributed by atoms with E-state index in [0.717, 1.165) is 31.6 Å². The van der Waals surface area contributed by atoms with Crippen molar-refractivity contribution in [2.45, 2.75) is 19.4 Å². The maximum atomic E-state index is 13.2. The summed E-state index contributed by atoms with van der Waals surface area (Å²) in [6.07, 6.45) is 1.60. The molecule has 0 aliphatic carbocycles. The molecule has 0 radical (unpaired) electrons. The normalized spacial score (nSPS) is 19.1. The van der Waals surface area contributed by atoms with Crippen LogP contribution in [0.5, 0.6) is 5.75 Å². The maximum absolute atomic E-state index is 13.2. The lowest BCUT2D eigenvalue weighted by molar-refractivity contribution is -0.121. The number of carbonyl (C=O) groups excluding carboxylic acids is 1. The molecule has 0 saturated carbocycles. The van der Waals surface area contributed by atoms with Crippen LogP contribution in [0.3, 0.4) is 0 Å². The van der Waals surface area contributed by atoms with Crippen LogP contribution in [0.2, 0.25) is 0 Å². The number of benzene rings is 1. The molecular weight excluding hydrogens is 259 g/mol. The quantitative estimate of drug-likeness (QED) is 0.894. The van der Waals surface area contributed by atoms with E-state index in [4.69, 9.17) is 4.74 Å². The van der Waals surface area contributed by atoms with Crippen molar-refractivity contribution in [3.05, 3.63) is 29.6 Å². The molecule has 0 spiro atoms. The van der Waals surface area contributed by atoms with Crippen LogP contribution in [0.4, 0.5) is 4.39 Å². The van der Waals surface area contributed by atoms with Gasteiger partial charge in [-0.1, -0.05) is 6.07 Å². The van der Waals surface area contributed by atoms with E-state index in [9.17, 15) is 9.18 Å². The number of halogens is 1. The van der Waals surface area contributed by atoms with Crippen LogP contribution in [0.1, 0.15) is 18.4 Å². The summed E-state index contributed by atoms with van der Waals surface area (Å²) in [7, 11) is 3.22. The highest BCUT2D eigenvalue weighted by molar-refractivity contribution is 5.75. The molecule has 20 heavy (non-hydrogen) atoms. The molecule has 1 fully saturated rings. The summed E-state index contributed by atoms with van der Waals surface area (Å²) >= 11 is 0. The molecular formula is C15H21FN2O2. The van der Waals surface area contributed by atoms with E-state index in [1.807, 2.05) is 0 Å². The Bertz CT molecular complexity index is 479. The molecule has 1 amide bonds. The van der Waals surface area contributed by atoms with Gasteiger partial charge >= 0.3 is 0 Å². The SMILES string of the molecule is CNC(=O)CC1CCN(Cc2ccc(F)cc2OC)C1. The zero-order valence-corrected chi connectivity index (χ0v) is 12.0. The highest BCUT2D eigenvalue weighted by Gasteiger charge is 2.24. The van der Waals surface area contributed by atoms with Crippen LogP contribution in [-0.2, 0) is 11.3 Å². The van der Waals surface area contributed by atoms with Crippen molar-refractivity contribution in [1.29, 1.82) is 0 Å². The lowest BCUT2D eigenvalue weighted by atomic mass is 10.0. The van der Waals surface area contributed by atoms with Crippen molar-refractivity contribution in [2.75, 3.05) is 27.2 Å². The fraction of sp³-hybridized carbons (Fsp3) is 0.533. The Morgan fingerprint density at radius 3 is 3.05 bits per heavy atom. The number of carbonyl (C=O) groups is 1. The van der Waals surface area contributed by atoms with Gasteiger partial charge in [0.25, 0.3) is 0 Å². The number of likely N-dealkylation sites (tertiary alicyclic amines) is 1. The first-order valence-corrected chi connectivity index (χ1v) is 6.87. The highest BCUT2D eigenvalue weighted by atomic mass is 19.1. The van der Waals surface area contributed by atoms with Gasteiger partial charge in [0.1, 0.15) is 11.6 Å². The van der Waals surface area contributed by atoms with Crippen LogP contribution in [0, 0.1) is 11.7 Å². The predicted octanol–water partition coefficient (Wildman–Crippen LogP) is 1.79. The summed E-state index contributed by atoms with van der Waals surface area (Å²) in [5.41, 5.74) is 0.981. The third-order valence-electron chi connectivity index (χ3n) is 3.77. The van der Waals surface area contributed by atoms with Crippen LogP contribution in [0.15, 0.2) is 18.2 Å². The van der Waals surface area contributed by atoms with Gasteiger partial charge in [0.05, 0.1) is 7.11 Å². The lowest BCUT2D eigenvalue weighted by Gasteiger charge is -2.18. The molecule has 5 heteroatoms. The number of hydrogen-bond donors (Lipinski definition) is 1. The van der Waals surface area contributed by atoms with Crippen molar-refractivity contribution >= 4 is 5.91 Å². The fourth-order valence-electron chi connectivity index (χ4n) is 2.68. The summed E-state index contributed by atoms with van der Waals surface area (Å²) in [6.45, 7) is 2.59. The molecule has 110 valence electrons. The number of rotatable bonds is 5. The second kappa shape index (κ2) is 6.70. The summed E-state index contributed by atoms with van der Waals surface area (Å²) < 4.78 is 18.4. The average molecular weight is 280 g/mol. The van der Waals surface area contributed by atoms with E-state index in [-0.39, 0.29) is 11.7 Å². The number of nitrogens with one attached hydrogen (secondary N) is 1. The van der Waals surface area contributed by atoms with Crippen LogP contribution >= 0.6 is 0 Å². The predicted molar refractivity (Wildman–Crippen MR) is 75.0 cm³/mol. The van der Waals surface area contributed by atoms with Crippen LogP contribution in [0.25, 0.3) is 0 Å². The van der Waals surface area contributed by atoms with E-state index in [2.05, 4.69) is 10.2 Å². The second-order valence-corrected chi connectivity index (χ2v) is 5.22. The van der Waals surface area contributed by atoms with Gasteiger partial charge in [0, 0.05) is 38.2 Å². The molecule has 1 unspecified atom stereocenters. The molecule has 1 aromatic rings. The van der Waals surface area contributed by atoms with Gasteiger partial charge in [-0.15, -0.1) is 0 Å². The van der Waals surface area contributed by atoms with E-state index in [1.54, 1.807) is 20.2 Å². The van der Waals surface area contributed by atoms with Crippen LogP contribution < -0.4 is 10.1 Å². The molecule has 4 nitrogen and oxygen atoms in total. The number of ether oxygens (including phenoxy) is 1. The molecule has 1 saturated heterocycles. The van der Waals surface area contributed by atoms with E-state index in [1.165, 1.54) is 12.1 Å². The highest BCUT2D eigenvalue weighted by Crippen LogP contribution is 2.25. The van der Waals surface area contributed by atoms with Gasteiger partial charge in [0.2, 0.25) is 5.91 Å². The van der Waals surface area contributed by atoms with E-state index >= 15 is 0 Å². The Kier molecular flexibility index (Phi) is 4.95. The molecule has 1 aromatic carbocycles. The molecule has 1 aliphatic heterocycles. The smallest absolute Gasteiger partial charge is 0.220 e. The molecule has 0 bridgehead atoms. The Hall–Kier alpha value is -1.62. The van der Waals surface area contributed by atoms with Crippen molar-refractivity contribution in [3.63, 3.8) is 0 Å². The molecule has 1 aliphatic rings. The molecule has 0 aromatic heterocycles. The molecule has 1 atom stereocenters. The van der Waals surface area contributed by atoms with Crippen molar-refractivity contribution < 1.29 is 13.9 Å². The van der Waals surface area contributed by atoms with Crippen molar-refractivity contribution in [1.82, 2.24) is 10.2 Å². The summed E-state index contributed by atoms with van der Waals surface area (Å²) in [5.74, 6) is 0.793. The Balaban J connectivity index is 1.93. The van der Waals surface area contributed by atoms with Crippen molar-refractivity contribution in [3.8, 4) is 5.75 Å². The third kappa shape index (κ3) is 3.70. The van der Waals surface area contributed by atoms with Gasteiger partial charge in [-0.05, 0) is 24.9 Å². The van der Waals surface area contributed by atoms with E-state index in [0.29, 0.717) is 18.1 Å². The van der Waals surface area contributed by atoms with Crippen LogP contribution in [-0.4, -0.2) is 38.1 Å². The minimum absolute atomic E-state index is 0.0937. The largest absolute Gasteiger partial charge is 0.496 e. The summed E-state index contributed by atoms with van der Waals surface area (Å²) in [5, 5.41) is 2.66. The number of nitrogens with zero attached hydrogens (tertiary/aromatic N) is 1. The Morgan fingerprint density at radius 2 is 2.35 bits per heavy atom. The fourth-order valence-corrected chi connectivity index (χ4v) is 2.68. The first kappa shape index (κ1) is 14.8. The third-order valence-corrected chi connectivity index (χ3v) is 3.77. The standard InChI is InChI=1S/C15H21FN2O2/c1-17-15(19)7-11-5-6-18(9-11)10-12-3-4-13(16)8-14(12)20-2/h3-4,8,11H,5-7,9-10H2,1-2H3,(H,17,19). The number of methoxy groups -OCH3 is 1. The van der Waals surface area contributed by atoms with Crippen molar-refractivity contribution in [2.24, 2.45) is 5.92 Å². The zero-order chi connectivity index (χ0) is 14.5. The Morgan fingerprint density at radius 1 is 1.55 bits per heavy atom. The second-order valence-electron chi connectivity index (χ2n) is 5.22. The van der Waals surface area contributed by atoms with Gasteiger partial charge in [-0.2, -0.15) is 0 Å². The van der Waals surface area contributed by atoms with Gasteiger partial charge in [-0.3, -0.25) is 9.69 Å². The number of amides is 1. The first-order chi connectivity index (χ1) is 9.62. The molecule has 1 heterocycles. The zero-order valence-electron chi connectivity index (χ0n) is 12.0. The lowest BCUT2D eigenvalue weighted by Crippen LogP contribution is -2.24. The maximum Gasteiger partial charge on any atom is 0.220 e. The summed E-state index contributed by atoms with van der Waals surface area (Å²) in [6, 6.07) is 4.63. The van der Waals surface area contributed by atoms with Gasteiger partial charge < -0.3 is 10.1 Å². The van der Waals surface area contributed by atoms with Gasteiger partial charge in [-0.25, -0.2) is 4.39 Å². The average Bonchev–Trinajstić information content (AvgIpc) is 2.87. The minimum atomic E-state index is -0.287. The van der Waals surface area contributed by atoms with Gasteiger partial charge in [0.15, 0.2) is 0 Å². The topological polar surface area (TPSA) is 41.6 Å². The minimum Gasteiger partial charge on any atom is -0.496 e. The Labute approximate surface area is 118 Å². The molecule has 1 N–H and O–H groups in total. The summed E-state index contributed by atoms with van der Waals surface area (Å²) in [4.78, 5) is 13.7. The monoisotopic (exact) mass is 280 g/mol.